The summed E-state index contributed by atoms with van der Waals surface area (Å²) in [5.41, 5.74) is 3.27. The molecule has 6 heteroatoms. The highest BCUT2D eigenvalue weighted by Gasteiger charge is 2.37. The number of hydrogen-bond donors (Lipinski definition) is 1. The minimum absolute atomic E-state index is 0.0446. The fraction of sp³-hybridized carbons (Fsp3) is 0.429. The van der Waals surface area contributed by atoms with Crippen molar-refractivity contribution in [2.45, 2.75) is 51.6 Å². The lowest BCUT2D eigenvalue weighted by atomic mass is 9.83. The number of unbranched alkanes of at least 4 members (excludes halogenated alkanes) is 1. The zero-order valence-corrected chi connectivity index (χ0v) is 20.7. The number of hydrogen-bond acceptors (Lipinski definition) is 4. The van der Waals surface area contributed by atoms with Crippen molar-refractivity contribution in [3.05, 3.63) is 65.3 Å². The Balaban J connectivity index is 2.43. The van der Waals surface area contributed by atoms with E-state index in [0.29, 0.717) is 30.7 Å². The first-order valence-corrected chi connectivity index (χ1v) is 11.7. The van der Waals surface area contributed by atoms with E-state index in [4.69, 9.17) is 15.9 Å². The van der Waals surface area contributed by atoms with Crippen molar-refractivity contribution in [3.8, 4) is 18.1 Å². The van der Waals surface area contributed by atoms with E-state index in [1.165, 1.54) is 0 Å². The van der Waals surface area contributed by atoms with Crippen LogP contribution in [0.3, 0.4) is 0 Å². The molecule has 2 rings (SSSR count). The summed E-state index contributed by atoms with van der Waals surface area (Å²) >= 11 is 0. The van der Waals surface area contributed by atoms with Crippen molar-refractivity contribution in [2.75, 3.05) is 27.4 Å². The normalized spacial score (nSPS) is 17.7. The molecule has 0 saturated heterocycles. The molecule has 1 aromatic rings. The number of benzene rings is 1. The van der Waals surface area contributed by atoms with Crippen LogP contribution in [-0.4, -0.2) is 50.1 Å². The lowest BCUT2D eigenvalue weighted by molar-refractivity contribution is -0.130. The van der Waals surface area contributed by atoms with Gasteiger partial charge in [0, 0.05) is 25.3 Å². The number of carbonyl (C=O) groups excluding carboxylic acids is 2. The largest absolute Gasteiger partial charge is 0.497 e. The summed E-state index contributed by atoms with van der Waals surface area (Å²) in [7, 11) is 3.23. The number of terminal acetylenes is 1. The van der Waals surface area contributed by atoms with E-state index in [2.05, 4.69) is 24.7 Å². The van der Waals surface area contributed by atoms with Crippen molar-refractivity contribution in [3.63, 3.8) is 0 Å². The molecule has 1 aliphatic rings. The Hall–Kier alpha value is -3.30. The van der Waals surface area contributed by atoms with E-state index < -0.39 is 6.04 Å². The maximum atomic E-state index is 13.0. The Bertz CT molecular complexity index is 987. The Morgan fingerprint density at radius 3 is 2.71 bits per heavy atom. The van der Waals surface area contributed by atoms with E-state index >= 15 is 0 Å². The second-order valence-corrected chi connectivity index (χ2v) is 8.23. The molecule has 1 aliphatic heterocycles. The number of nitrogens with one attached hydrogen (secondary N) is 1. The number of ether oxygens (including phenoxy) is 2. The van der Waals surface area contributed by atoms with Crippen LogP contribution in [0.5, 0.6) is 5.75 Å². The number of methoxy groups -OCH3 is 2. The van der Waals surface area contributed by atoms with Gasteiger partial charge in [-0.25, -0.2) is 0 Å². The van der Waals surface area contributed by atoms with Crippen LogP contribution >= 0.6 is 0 Å². The topological polar surface area (TPSA) is 67.9 Å². The first-order chi connectivity index (χ1) is 16.4. The van der Waals surface area contributed by atoms with E-state index in [1.54, 1.807) is 44.3 Å². The van der Waals surface area contributed by atoms with Crippen molar-refractivity contribution in [1.29, 1.82) is 0 Å². The number of carbonyl (C=O) groups is 2. The molecule has 1 N–H and O–H groups in total. The van der Waals surface area contributed by atoms with Crippen molar-refractivity contribution < 1.29 is 19.1 Å². The molecule has 2 amide bonds. The highest BCUT2D eigenvalue weighted by Crippen LogP contribution is 2.40. The van der Waals surface area contributed by atoms with Gasteiger partial charge in [-0.05, 0) is 60.6 Å². The van der Waals surface area contributed by atoms with Crippen LogP contribution in [0, 0.1) is 12.3 Å². The van der Waals surface area contributed by atoms with Gasteiger partial charge < -0.3 is 19.7 Å². The minimum atomic E-state index is -0.425. The second-order valence-electron chi connectivity index (χ2n) is 8.23. The monoisotopic (exact) mass is 464 g/mol. The molecule has 0 fully saturated rings. The van der Waals surface area contributed by atoms with Gasteiger partial charge in [0.2, 0.25) is 0 Å². The third-order valence-corrected chi connectivity index (χ3v) is 6.01. The van der Waals surface area contributed by atoms with E-state index in [9.17, 15) is 9.59 Å². The lowest BCUT2D eigenvalue weighted by Crippen LogP contribution is -2.47. The number of rotatable bonds is 11. The predicted octanol–water partition coefficient (Wildman–Crippen LogP) is 4.13. The Morgan fingerprint density at radius 2 is 2.09 bits per heavy atom. The van der Waals surface area contributed by atoms with Crippen LogP contribution in [0.2, 0.25) is 0 Å². The molecule has 1 heterocycles. The summed E-state index contributed by atoms with van der Waals surface area (Å²) in [4.78, 5) is 27.2. The molecule has 6 nitrogen and oxygen atoms in total. The third-order valence-electron chi connectivity index (χ3n) is 6.01. The van der Waals surface area contributed by atoms with Crippen LogP contribution in [-0.2, 0) is 20.7 Å². The quantitative estimate of drug-likeness (QED) is 0.231. The number of fused-ring (bicyclic) bond motifs is 1. The highest BCUT2D eigenvalue weighted by atomic mass is 16.5. The average Bonchev–Trinajstić information content (AvgIpc) is 2.85. The zero-order chi connectivity index (χ0) is 25.1. The standard InChI is InChI=1S/C28H36N2O4/c1-7-10-11-23-18-22-19-24(34-6)14-15-25(22)27(30(23)26(31)9-3)20(4)12-13-21(8-2)28(32)29-16-17-33-5/h3,8,12-15,19,23,27H,4,7,10-11,16-18H2,1-2,5-6H3,(H,29,32)/b13-12-,21-8+/t23-,27-/m0/s1. The van der Waals surface area contributed by atoms with Crippen LogP contribution in [0.15, 0.2) is 54.2 Å². The van der Waals surface area contributed by atoms with Crippen LogP contribution in [0.1, 0.15) is 50.3 Å². The molecule has 1 aromatic carbocycles. The molecule has 0 radical (unpaired) electrons. The van der Waals surface area contributed by atoms with E-state index in [-0.39, 0.29) is 17.9 Å². The van der Waals surface area contributed by atoms with Crippen LogP contribution in [0.25, 0.3) is 0 Å². The Morgan fingerprint density at radius 1 is 1.32 bits per heavy atom. The summed E-state index contributed by atoms with van der Waals surface area (Å²) in [6.45, 7) is 9.07. The van der Waals surface area contributed by atoms with Gasteiger partial charge in [-0.1, -0.05) is 44.6 Å². The predicted molar refractivity (Wildman–Crippen MR) is 135 cm³/mol. The Labute approximate surface area is 203 Å². The van der Waals surface area contributed by atoms with Crippen molar-refractivity contribution in [1.82, 2.24) is 10.2 Å². The van der Waals surface area contributed by atoms with Crippen molar-refractivity contribution >= 4 is 11.8 Å². The fourth-order valence-electron chi connectivity index (χ4n) is 4.24. The summed E-state index contributed by atoms with van der Waals surface area (Å²) in [6, 6.07) is 5.41. The maximum absolute atomic E-state index is 13.0. The van der Waals surface area contributed by atoms with Gasteiger partial charge in [-0.15, -0.1) is 6.42 Å². The van der Waals surface area contributed by atoms with E-state index in [1.807, 2.05) is 18.2 Å². The number of amides is 2. The molecule has 0 aliphatic carbocycles. The lowest BCUT2D eigenvalue weighted by Gasteiger charge is -2.43. The molecule has 182 valence electrons. The molecule has 0 bridgehead atoms. The van der Waals surface area contributed by atoms with Crippen molar-refractivity contribution in [2.24, 2.45) is 0 Å². The molecule has 2 atom stereocenters. The molecule has 0 unspecified atom stereocenters. The van der Waals surface area contributed by atoms with Crippen LogP contribution in [0.4, 0.5) is 0 Å². The smallest absolute Gasteiger partial charge is 0.299 e. The fourth-order valence-corrected chi connectivity index (χ4v) is 4.24. The summed E-state index contributed by atoms with van der Waals surface area (Å²) in [5.74, 6) is 2.53. The summed E-state index contributed by atoms with van der Waals surface area (Å²) < 4.78 is 10.4. The number of nitrogens with zero attached hydrogens (tertiary/aromatic N) is 1. The Kier molecular flexibility index (Phi) is 10.6. The highest BCUT2D eigenvalue weighted by molar-refractivity contribution is 5.96. The van der Waals surface area contributed by atoms with Gasteiger partial charge in [0.1, 0.15) is 5.75 Å². The number of allylic oxidation sites excluding steroid dienone is 1. The summed E-state index contributed by atoms with van der Waals surface area (Å²) in [5, 5.41) is 2.81. The second kappa shape index (κ2) is 13.4. The summed E-state index contributed by atoms with van der Waals surface area (Å²) in [6.07, 6.45) is 14.4. The van der Waals surface area contributed by atoms with Gasteiger partial charge in [-0.3, -0.25) is 9.59 Å². The van der Waals surface area contributed by atoms with Gasteiger partial charge in [0.25, 0.3) is 11.8 Å². The van der Waals surface area contributed by atoms with Gasteiger partial charge in [-0.2, -0.15) is 0 Å². The molecule has 0 saturated carbocycles. The molecule has 34 heavy (non-hydrogen) atoms. The van der Waals surface area contributed by atoms with Gasteiger partial charge >= 0.3 is 0 Å². The SMILES string of the molecule is C#CC(=O)N1[C@@H](CCCC)Cc2cc(OC)ccc2[C@@H]1C(=C)/C=C\C(=C/C)C(=O)NCCOC. The minimum Gasteiger partial charge on any atom is -0.497 e. The zero-order valence-electron chi connectivity index (χ0n) is 20.7. The van der Waals surface area contributed by atoms with E-state index in [0.717, 1.165) is 36.1 Å². The maximum Gasteiger partial charge on any atom is 0.299 e. The van der Waals surface area contributed by atoms with Gasteiger partial charge in [0.15, 0.2) is 0 Å². The molecule has 0 spiro atoms. The molecular formula is C28H36N2O4. The van der Waals surface area contributed by atoms with Gasteiger partial charge in [0.05, 0.1) is 19.8 Å². The third kappa shape index (κ3) is 6.61. The first-order valence-electron chi connectivity index (χ1n) is 11.7. The average molecular weight is 465 g/mol. The van der Waals surface area contributed by atoms with Crippen LogP contribution < -0.4 is 10.1 Å². The first kappa shape index (κ1) is 26.9. The molecular weight excluding hydrogens is 428 g/mol. The molecule has 0 aromatic heterocycles.